The summed E-state index contributed by atoms with van der Waals surface area (Å²) in [4.78, 5) is 23.2. The molecule has 26 heavy (non-hydrogen) atoms. The normalized spacial score (nSPS) is 15.4. The largest absolute Gasteiger partial charge is 0.489 e. The molecular weight excluding hydrogens is 350 g/mol. The number of hydrogen-bond acceptors (Lipinski definition) is 5. The monoisotopic (exact) mass is 377 g/mol. The number of rotatable bonds is 7. The predicted molar refractivity (Wildman–Crippen MR) is 109 cm³/mol. The summed E-state index contributed by atoms with van der Waals surface area (Å²) in [6.45, 7) is 4.07. The Balaban J connectivity index is 0.00000301. The van der Waals surface area contributed by atoms with Crippen LogP contribution in [0.5, 0.6) is 0 Å². The van der Waals surface area contributed by atoms with Crippen LogP contribution in [0.25, 0.3) is 0 Å². The second-order valence-corrected chi connectivity index (χ2v) is 5.84. The number of aliphatic hydroxyl groups is 1. The number of thioether (sulfide) groups is 1. The smallest absolute Gasteiger partial charge is 0.257 e. The average Bonchev–Trinajstić information content (AvgIpc) is 2.70. The summed E-state index contributed by atoms with van der Waals surface area (Å²) in [5.41, 5.74) is 2.54. The Morgan fingerprint density at radius 3 is 2.50 bits per heavy atom. The van der Waals surface area contributed by atoms with Crippen LogP contribution in [0.1, 0.15) is 13.8 Å². The fraction of sp³-hybridized carbons (Fsp3) is 0.300. The van der Waals surface area contributed by atoms with E-state index in [0.717, 1.165) is 24.5 Å². The maximum absolute atomic E-state index is 11.7. The van der Waals surface area contributed by atoms with Crippen molar-refractivity contribution in [3.05, 3.63) is 69.9 Å². The van der Waals surface area contributed by atoms with Crippen molar-refractivity contribution in [2.45, 2.75) is 13.8 Å². The van der Waals surface area contributed by atoms with Gasteiger partial charge < -0.3 is 15.2 Å². The van der Waals surface area contributed by atoms with Gasteiger partial charge in [-0.25, -0.2) is 0 Å². The van der Waals surface area contributed by atoms with Gasteiger partial charge in [0.25, 0.3) is 5.91 Å². The lowest BCUT2D eigenvalue weighted by Gasteiger charge is -2.16. The van der Waals surface area contributed by atoms with Crippen molar-refractivity contribution >= 4 is 24.0 Å². The van der Waals surface area contributed by atoms with Crippen molar-refractivity contribution in [1.82, 2.24) is 5.32 Å². The highest BCUT2D eigenvalue weighted by Crippen LogP contribution is 2.23. The van der Waals surface area contributed by atoms with E-state index in [-0.39, 0.29) is 5.91 Å². The number of nitrogens with one attached hydrogen (secondary N) is 1. The molecule has 1 heterocycles. The van der Waals surface area contributed by atoms with Crippen LogP contribution < -0.4 is 5.32 Å². The molecule has 0 unspecified atom stereocenters. The van der Waals surface area contributed by atoms with E-state index in [1.807, 2.05) is 49.6 Å². The van der Waals surface area contributed by atoms with Crippen molar-refractivity contribution in [3.8, 4) is 0 Å². The number of amides is 1. The fourth-order valence-electron chi connectivity index (χ4n) is 1.91. The molecule has 1 rings (SSSR count). The van der Waals surface area contributed by atoms with Crippen LogP contribution in [0, 0.1) is 0 Å². The van der Waals surface area contributed by atoms with Crippen LogP contribution in [0.2, 0.25) is 0 Å². The van der Waals surface area contributed by atoms with Crippen LogP contribution in [-0.4, -0.2) is 44.3 Å². The lowest BCUT2D eigenvalue weighted by molar-refractivity contribution is -0.116. The van der Waals surface area contributed by atoms with Crippen molar-refractivity contribution in [3.63, 3.8) is 0 Å². The SMILES string of the molecule is CO.C\C=C/C=C(\C=C(/C)C=O)C1=CC=C(/C=C(\SC)C(=O)NC)OC1. The van der Waals surface area contributed by atoms with Gasteiger partial charge in [0.15, 0.2) is 0 Å². The zero-order chi connectivity index (χ0) is 19.9. The lowest BCUT2D eigenvalue weighted by atomic mass is 10.0. The number of allylic oxidation sites excluding steroid dienone is 8. The standard InChI is InChI=1S/C19H23NO3S.CH4O/c1-5-6-7-15(10-14(2)12-21)16-8-9-17(23-13-16)11-18(24-4)19(22)20-3;1-2/h5-12H,13H2,1-4H3,(H,20,22);2H,1H3/b6-5-,14-10+,15-7+,18-11-;. The Morgan fingerprint density at radius 2 is 2.04 bits per heavy atom. The van der Waals surface area contributed by atoms with E-state index >= 15 is 0 Å². The summed E-state index contributed by atoms with van der Waals surface area (Å²) in [6.07, 6.45) is 15.8. The molecule has 0 aromatic rings. The van der Waals surface area contributed by atoms with Crippen LogP contribution in [-0.2, 0) is 14.3 Å². The zero-order valence-electron chi connectivity index (χ0n) is 15.9. The number of aliphatic hydroxyl groups excluding tert-OH is 1. The molecule has 1 amide bonds. The molecule has 2 N–H and O–H groups in total. The van der Waals surface area contributed by atoms with Gasteiger partial charge in [0.05, 0.1) is 4.91 Å². The highest BCUT2D eigenvalue weighted by Gasteiger charge is 2.12. The minimum atomic E-state index is -0.139. The van der Waals surface area contributed by atoms with Gasteiger partial charge in [-0.15, -0.1) is 11.8 Å². The topological polar surface area (TPSA) is 75.6 Å². The van der Waals surface area contributed by atoms with E-state index in [1.165, 1.54) is 11.8 Å². The third-order valence-corrected chi connectivity index (χ3v) is 3.94. The molecule has 142 valence electrons. The van der Waals surface area contributed by atoms with E-state index in [9.17, 15) is 9.59 Å². The van der Waals surface area contributed by atoms with Gasteiger partial charge in [0.2, 0.25) is 0 Å². The minimum Gasteiger partial charge on any atom is -0.489 e. The van der Waals surface area contributed by atoms with Crippen molar-refractivity contribution in [2.24, 2.45) is 0 Å². The molecule has 5 nitrogen and oxygen atoms in total. The van der Waals surface area contributed by atoms with E-state index in [4.69, 9.17) is 9.84 Å². The number of aldehydes is 1. The molecule has 0 atom stereocenters. The minimum absolute atomic E-state index is 0.139. The molecule has 0 aliphatic carbocycles. The summed E-state index contributed by atoms with van der Waals surface area (Å²) in [6, 6.07) is 0. The molecule has 0 saturated carbocycles. The van der Waals surface area contributed by atoms with Gasteiger partial charge in [-0.05, 0) is 55.1 Å². The summed E-state index contributed by atoms with van der Waals surface area (Å²) >= 11 is 1.36. The van der Waals surface area contributed by atoms with Crippen LogP contribution in [0.4, 0.5) is 0 Å². The Morgan fingerprint density at radius 1 is 1.35 bits per heavy atom. The highest BCUT2D eigenvalue weighted by atomic mass is 32.2. The van der Waals surface area contributed by atoms with Gasteiger partial charge in [0, 0.05) is 14.2 Å². The molecule has 6 heteroatoms. The van der Waals surface area contributed by atoms with Crippen molar-refractivity contribution in [2.75, 3.05) is 27.0 Å². The molecule has 0 saturated heterocycles. The number of likely N-dealkylation sites (N-methyl/N-ethyl adjacent to an activating group) is 1. The maximum atomic E-state index is 11.7. The molecule has 1 aliphatic rings. The van der Waals surface area contributed by atoms with Gasteiger partial charge in [-0.1, -0.05) is 24.3 Å². The fourth-order valence-corrected chi connectivity index (χ4v) is 2.43. The van der Waals surface area contributed by atoms with E-state index in [1.54, 1.807) is 20.0 Å². The van der Waals surface area contributed by atoms with Crippen molar-refractivity contribution in [1.29, 1.82) is 0 Å². The van der Waals surface area contributed by atoms with Gasteiger partial charge >= 0.3 is 0 Å². The van der Waals surface area contributed by atoms with E-state index in [0.29, 0.717) is 22.8 Å². The molecular formula is C20H27NO4S. The summed E-state index contributed by atoms with van der Waals surface area (Å²) in [7, 11) is 2.60. The number of hydrogen-bond donors (Lipinski definition) is 2. The first-order valence-electron chi connectivity index (χ1n) is 7.98. The third kappa shape index (κ3) is 8.18. The molecule has 1 aliphatic heterocycles. The van der Waals surface area contributed by atoms with E-state index < -0.39 is 0 Å². The molecule has 0 radical (unpaired) electrons. The molecule has 0 aromatic heterocycles. The first-order valence-corrected chi connectivity index (χ1v) is 9.21. The quantitative estimate of drug-likeness (QED) is 0.405. The predicted octanol–water partition coefficient (Wildman–Crippen LogP) is 3.08. The summed E-state index contributed by atoms with van der Waals surface area (Å²) < 4.78 is 5.73. The first kappa shape index (κ1) is 23.7. The molecule has 0 spiro atoms. The average molecular weight is 378 g/mol. The van der Waals surface area contributed by atoms with Crippen LogP contribution in [0.15, 0.2) is 69.9 Å². The number of carbonyl (C=O) groups excluding carboxylic acids is 2. The van der Waals surface area contributed by atoms with Crippen molar-refractivity contribution < 1.29 is 19.4 Å². The maximum Gasteiger partial charge on any atom is 0.257 e. The Labute approximate surface area is 159 Å². The molecule has 0 fully saturated rings. The highest BCUT2D eigenvalue weighted by molar-refractivity contribution is 8.03. The number of ether oxygens (including phenoxy) is 1. The summed E-state index contributed by atoms with van der Waals surface area (Å²) in [5, 5.41) is 9.60. The lowest BCUT2D eigenvalue weighted by Crippen LogP contribution is -2.18. The Kier molecular flexibility index (Phi) is 12.7. The Hall–Kier alpha value is -2.31. The van der Waals surface area contributed by atoms with Gasteiger partial charge in [-0.2, -0.15) is 0 Å². The number of carbonyl (C=O) groups is 2. The third-order valence-electron chi connectivity index (χ3n) is 3.20. The Bertz CT molecular complexity index is 667. The second-order valence-electron chi connectivity index (χ2n) is 5.00. The zero-order valence-corrected chi connectivity index (χ0v) is 16.7. The molecule has 0 aromatic carbocycles. The van der Waals surface area contributed by atoms with E-state index in [2.05, 4.69) is 5.32 Å². The first-order chi connectivity index (χ1) is 12.5. The van der Waals surface area contributed by atoms with Crippen LogP contribution >= 0.6 is 11.8 Å². The summed E-state index contributed by atoms with van der Waals surface area (Å²) in [5.74, 6) is 0.494. The second kappa shape index (κ2) is 13.9. The molecule has 0 bridgehead atoms. The van der Waals surface area contributed by atoms with Crippen LogP contribution in [0.3, 0.4) is 0 Å². The van der Waals surface area contributed by atoms with Gasteiger partial charge in [0.1, 0.15) is 18.7 Å². The van der Waals surface area contributed by atoms with Gasteiger partial charge in [-0.3, -0.25) is 9.59 Å².